The number of hydrogen-bond donors (Lipinski definition) is 1. The highest BCUT2D eigenvalue weighted by Gasteiger charge is 2.33. The van der Waals surface area contributed by atoms with E-state index in [1.54, 1.807) is 6.07 Å². The highest BCUT2D eigenvalue weighted by Crippen LogP contribution is 2.29. The van der Waals surface area contributed by atoms with Crippen LogP contribution >= 0.6 is 0 Å². The summed E-state index contributed by atoms with van der Waals surface area (Å²) in [6, 6.07) is 13.3. The van der Waals surface area contributed by atoms with E-state index >= 15 is 0 Å². The summed E-state index contributed by atoms with van der Waals surface area (Å²) in [6.07, 6.45) is 1.09. The fraction of sp³-hybridized carbons (Fsp3) is 0.312. The van der Waals surface area contributed by atoms with Gasteiger partial charge in [-0.15, -0.1) is 0 Å². The second-order valence-corrected chi connectivity index (χ2v) is 5.28. The van der Waals surface area contributed by atoms with Crippen LogP contribution in [-0.2, 0) is 10.3 Å². The van der Waals surface area contributed by atoms with Crippen LogP contribution in [0.15, 0.2) is 48.7 Å². The van der Waals surface area contributed by atoms with Crippen molar-refractivity contribution in [3.8, 4) is 0 Å². The monoisotopic (exact) mass is 272 g/mol. The van der Waals surface area contributed by atoms with Crippen molar-refractivity contribution in [2.75, 3.05) is 13.2 Å². The second-order valence-electron chi connectivity index (χ2n) is 5.28. The fourth-order valence-corrected chi connectivity index (χ4v) is 2.45. The molecule has 1 N–H and O–H groups in total. The molecule has 2 unspecified atom stereocenters. The Bertz CT molecular complexity index is 563. The number of nitrogens with zero attached hydrogens (tertiary/aromatic N) is 1. The van der Waals surface area contributed by atoms with Crippen molar-refractivity contribution in [3.63, 3.8) is 0 Å². The van der Waals surface area contributed by atoms with E-state index in [0.717, 1.165) is 5.69 Å². The number of ether oxygens (including phenoxy) is 1. The van der Waals surface area contributed by atoms with Gasteiger partial charge in [0.15, 0.2) is 0 Å². The molecule has 1 saturated heterocycles. The van der Waals surface area contributed by atoms with Crippen LogP contribution in [0, 0.1) is 5.82 Å². The zero-order valence-corrected chi connectivity index (χ0v) is 11.3. The molecule has 2 atom stereocenters. The van der Waals surface area contributed by atoms with Gasteiger partial charge < -0.3 is 10.1 Å². The Hall–Kier alpha value is -1.78. The zero-order chi connectivity index (χ0) is 14.0. The van der Waals surface area contributed by atoms with Crippen LogP contribution in [0.5, 0.6) is 0 Å². The van der Waals surface area contributed by atoms with Crippen LogP contribution in [0.25, 0.3) is 0 Å². The smallest absolute Gasteiger partial charge is 0.141 e. The zero-order valence-electron chi connectivity index (χ0n) is 11.3. The molecule has 0 saturated carbocycles. The van der Waals surface area contributed by atoms with Crippen molar-refractivity contribution in [1.29, 1.82) is 0 Å². The lowest BCUT2D eigenvalue weighted by atomic mass is 9.91. The van der Waals surface area contributed by atoms with Gasteiger partial charge in [-0.2, -0.15) is 0 Å². The Kier molecular flexibility index (Phi) is 3.51. The first-order chi connectivity index (χ1) is 9.67. The Morgan fingerprint density at radius 2 is 2.05 bits per heavy atom. The van der Waals surface area contributed by atoms with Crippen LogP contribution in [0.4, 0.5) is 4.39 Å². The molecule has 104 valence electrons. The maximum absolute atomic E-state index is 12.9. The lowest BCUT2D eigenvalue weighted by Gasteiger charge is -2.39. The Morgan fingerprint density at radius 1 is 1.25 bits per heavy atom. The number of morpholine rings is 1. The van der Waals surface area contributed by atoms with E-state index in [1.807, 2.05) is 18.2 Å². The third-order valence-corrected chi connectivity index (χ3v) is 3.74. The molecule has 1 aliphatic rings. The van der Waals surface area contributed by atoms with Crippen molar-refractivity contribution < 1.29 is 9.13 Å². The van der Waals surface area contributed by atoms with Crippen molar-refractivity contribution in [2.24, 2.45) is 0 Å². The quantitative estimate of drug-likeness (QED) is 0.913. The van der Waals surface area contributed by atoms with E-state index < -0.39 is 0 Å². The molecule has 3 nitrogen and oxygen atoms in total. The number of pyridine rings is 1. The first-order valence-electron chi connectivity index (χ1n) is 6.71. The van der Waals surface area contributed by atoms with E-state index in [4.69, 9.17) is 4.74 Å². The van der Waals surface area contributed by atoms with Gasteiger partial charge in [0.05, 0.1) is 24.0 Å². The molecular formula is C16H17FN2O. The first-order valence-corrected chi connectivity index (χ1v) is 6.71. The van der Waals surface area contributed by atoms with E-state index in [1.165, 1.54) is 17.8 Å². The van der Waals surface area contributed by atoms with E-state index in [0.29, 0.717) is 13.2 Å². The minimum atomic E-state index is -0.327. The summed E-state index contributed by atoms with van der Waals surface area (Å²) >= 11 is 0. The number of halogens is 1. The minimum absolute atomic E-state index is 0.132. The predicted octanol–water partition coefficient (Wildman–Crippen LogP) is 2.80. The lowest BCUT2D eigenvalue weighted by Crippen LogP contribution is -2.50. The molecule has 0 bridgehead atoms. The van der Waals surface area contributed by atoms with E-state index in [9.17, 15) is 4.39 Å². The molecule has 1 aliphatic heterocycles. The average Bonchev–Trinajstić information content (AvgIpc) is 2.50. The molecular weight excluding hydrogens is 255 g/mol. The first kappa shape index (κ1) is 13.2. The maximum Gasteiger partial charge on any atom is 0.141 e. The molecule has 1 aromatic carbocycles. The van der Waals surface area contributed by atoms with Gasteiger partial charge in [-0.05, 0) is 24.6 Å². The van der Waals surface area contributed by atoms with Crippen LogP contribution < -0.4 is 5.32 Å². The Balaban J connectivity index is 1.72. The topological polar surface area (TPSA) is 34.1 Å². The third-order valence-electron chi connectivity index (χ3n) is 3.74. The minimum Gasteiger partial charge on any atom is -0.368 e. The van der Waals surface area contributed by atoms with Gasteiger partial charge in [-0.1, -0.05) is 30.3 Å². The molecule has 0 aliphatic carbocycles. The largest absolute Gasteiger partial charge is 0.368 e. The number of aromatic nitrogens is 1. The van der Waals surface area contributed by atoms with Gasteiger partial charge in [0.2, 0.25) is 0 Å². The summed E-state index contributed by atoms with van der Waals surface area (Å²) in [4.78, 5) is 4.08. The molecule has 0 radical (unpaired) electrons. The third kappa shape index (κ3) is 2.57. The fourth-order valence-electron chi connectivity index (χ4n) is 2.45. The number of benzene rings is 1. The van der Waals surface area contributed by atoms with E-state index in [2.05, 4.69) is 29.4 Å². The highest BCUT2D eigenvalue weighted by atomic mass is 19.1. The van der Waals surface area contributed by atoms with Crippen LogP contribution in [-0.4, -0.2) is 18.1 Å². The normalized spacial score (nSPS) is 26.4. The van der Waals surface area contributed by atoms with Gasteiger partial charge in [0.25, 0.3) is 0 Å². The van der Waals surface area contributed by atoms with Crippen LogP contribution in [0.2, 0.25) is 0 Å². The molecule has 0 spiro atoms. The summed E-state index contributed by atoms with van der Waals surface area (Å²) in [5.41, 5.74) is 1.76. The molecule has 2 aromatic rings. The van der Waals surface area contributed by atoms with Crippen LogP contribution in [0.1, 0.15) is 24.3 Å². The lowest BCUT2D eigenvalue weighted by molar-refractivity contribution is -0.0328. The highest BCUT2D eigenvalue weighted by molar-refractivity contribution is 5.25. The molecule has 0 amide bonds. The maximum atomic E-state index is 12.9. The van der Waals surface area contributed by atoms with Gasteiger partial charge >= 0.3 is 0 Å². The summed E-state index contributed by atoms with van der Waals surface area (Å²) in [5, 5.41) is 3.52. The van der Waals surface area contributed by atoms with Gasteiger partial charge in [0.1, 0.15) is 11.9 Å². The van der Waals surface area contributed by atoms with Crippen LogP contribution in [0.3, 0.4) is 0 Å². The number of rotatable bonds is 2. The summed E-state index contributed by atoms with van der Waals surface area (Å²) in [5.74, 6) is -0.327. The molecule has 1 fully saturated rings. The standard InChI is InChI=1S/C16H17FN2O/c1-16(12-5-3-2-4-6-12)11-20-15(10-19-16)14-8-7-13(17)9-18-14/h2-9,15,19H,10-11H2,1H3. The second kappa shape index (κ2) is 5.31. The van der Waals surface area contributed by atoms with Gasteiger partial charge in [-0.3, -0.25) is 4.98 Å². The predicted molar refractivity (Wildman–Crippen MR) is 74.7 cm³/mol. The number of hydrogen-bond acceptors (Lipinski definition) is 3. The molecule has 4 heteroatoms. The van der Waals surface area contributed by atoms with Crippen molar-refractivity contribution >= 4 is 0 Å². The summed E-state index contributed by atoms with van der Waals surface area (Å²) in [6.45, 7) is 3.33. The molecule has 20 heavy (non-hydrogen) atoms. The van der Waals surface area contributed by atoms with Gasteiger partial charge in [0, 0.05) is 6.54 Å². The molecule has 2 heterocycles. The SMILES string of the molecule is CC1(c2ccccc2)COC(c2ccc(F)cn2)CN1. The average molecular weight is 272 g/mol. The van der Waals surface area contributed by atoms with E-state index in [-0.39, 0.29) is 17.5 Å². The van der Waals surface area contributed by atoms with Crippen molar-refractivity contribution in [3.05, 3.63) is 65.7 Å². The number of nitrogens with one attached hydrogen (secondary N) is 1. The summed E-state index contributed by atoms with van der Waals surface area (Å²) < 4.78 is 18.8. The molecule has 1 aromatic heterocycles. The Labute approximate surface area is 117 Å². The molecule has 3 rings (SSSR count). The van der Waals surface area contributed by atoms with Crippen molar-refractivity contribution in [1.82, 2.24) is 10.3 Å². The summed E-state index contributed by atoms with van der Waals surface area (Å²) in [7, 11) is 0. The van der Waals surface area contributed by atoms with Crippen molar-refractivity contribution in [2.45, 2.75) is 18.6 Å². The van der Waals surface area contributed by atoms with Gasteiger partial charge in [-0.25, -0.2) is 4.39 Å². The Morgan fingerprint density at radius 3 is 2.65 bits per heavy atom.